The van der Waals surface area contributed by atoms with E-state index in [1.165, 1.54) is 21.4 Å². The zero-order valence-electron chi connectivity index (χ0n) is 13.7. The van der Waals surface area contributed by atoms with Crippen molar-refractivity contribution in [1.82, 2.24) is 4.90 Å². The number of amides is 1. The van der Waals surface area contributed by atoms with E-state index in [2.05, 4.69) is 49.0 Å². The zero-order chi connectivity index (χ0) is 18.1. The summed E-state index contributed by atoms with van der Waals surface area (Å²) in [4.78, 5) is 17.3. The molecule has 1 amide bonds. The maximum Gasteiger partial charge on any atom is 0.238 e. The molecule has 0 saturated carbocycles. The molecule has 0 fully saturated rings. The predicted molar refractivity (Wildman–Crippen MR) is 108 cm³/mol. The summed E-state index contributed by atoms with van der Waals surface area (Å²) in [5, 5.41) is 6.88. The second-order valence-corrected chi connectivity index (χ2v) is 9.01. The molecular formula is C19H16BrFN2OS2. The number of carbonyl (C=O) groups is 1. The van der Waals surface area contributed by atoms with Gasteiger partial charge in [0.05, 0.1) is 18.3 Å². The summed E-state index contributed by atoms with van der Waals surface area (Å²) in [6.07, 6.45) is 0.939. The number of benzene rings is 1. The van der Waals surface area contributed by atoms with Gasteiger partial charge in [-0.05, 0) is 53.1 Å². The first kappa shape index (κ1) is 17.9. The lowest BCUT2D eigenvalue weighted by molar-refractivity contribution is -0.117. The van der Waals surface area contributed by atoms with E-state index in [-0.39, 0.29) is 24.2 Å². The zero-order valence-corrected chi connectivity index (χ0v) is 17.0. The molecule has 3 heterocycles. The van der Waals surface area contributed by atoms with Crippen LogP contribution in [0.3, 0.4) is 0 Å². The second-order valence-electron chi connectivity index (χ2n) is 6.11. The maximum atomic E-state index is 14.0. The molecule has 1 N–H and O–H groups in total. The van der Waals surface area contributed by atoms with E-state index in [1.807, 2.05) is 6.07 Å². The van der Waals surface area contributed by atoms with Crippen LogP contribution in [0.15, 0.2) is 51.6 Å². The third-order valence-corrected chi connectivity index (χ3v) is 6.84. The van der Waals surface area contributed by atoms with Gasteiger partial charge >= 0.3 is 0 Å². The molecule has 2 aromatic heterocycles. The van der Waals surface area contributed by atoms with Crippen molar-refractivity contribution in [2.75, 3.05) is 18.4 Å². The highest BCUT2D eigenvalue weighted by molar-refractivity contribution is 9.10. The van der Waals surface area contributed by atoms with Gasteiger partial charge in [0.25, 0.3) is 0 Å². The molecule has 26 heavy (non-hydrogen) atoms. The van der Waals surface area contributed by atoms with Gasteiger partial charge in [-0.1, -0.05) is 22.0 Å². The number of hydrogen-bond donors (Lipinski definition) is 1. The fourth-order valence-electron chi connectivity index (χ4n) is 3.28. The molecule has 0 saturated heterocycles. The molecule has 3 nitrogen and oxygen atoms in total. The van der Waals surface area contributed by atoms with E-state index >= 15 is 0 Å². The first-order valence-corrected chi connectivity index (χ1v) is 10.8. The molecule has 0 radical (unpaired) electrons. The number of hydrogen-bond acceptors (Lipinski definition) is 4. The van der Waals surface area contributed by atoms with Crippen molar-refractivity contribution >= 4 is 50.2 Å². The molecule has 0 unspecified atom stereocenters. The van der Waals surface area contributed by atoms with Crippen molar-refractivity contribution in [3.63, 3.8) is 0 Å². The molecule has 0 aliphatic carbocycles. The van der Waals surface area contributed by atoms with E-state index in [0.717, 1.165) is 13.0 Å². The number of fused-ring (bicyclic) bond motifs is 1. The highest BCUT2D eigenvalue weighted by Crippen LogP contribution is 2.39. The Hall–Kier alpha value is -1.54. The maximum absolute atomic E-state index is 14.0. The third-order valence-electron chi connectivity index (χ3n) is 4.43. The molecule has 3 aromatic rings. The lowest BCUT2D eigenvalue weighted by Crippen LogP contribution is -2.40. The van der Waals surface area contributed by atoms with Gasteiger partial charge in [0, 0.05) is 20.8 Å². The van der Waals surface area contributed by atoms with Gasteiger partial charge in [-0.2, -0.15) is 0 Å². The van der Waals surface area contributed by atoms with E-state index in [4.69, 9.17) is 0 Å². The number of anilines is 1. The number of halogens is 2. The second kappa shape index (κ2) is 7.60. The largest absolute Gasteiger partial charge is 0.322 e. The van der Waals surface area contributed by atoms with Crippen LogP contribution in [0.2, 0.25) is 0 Å². The van der Waals surface area contributed by atoms with Crippen LogP contribution in [-0.4, -0.2) is 23.9 Å². The fourth-order valence-corrected chi connectivity index (χ4v) is 5.40. The van der Waals surface area contributed by atoms with E-state index in [9.17, 15) is 9.18 Å². The Kier molecular flexibility index (Phi) is 5.22. The SMILES string of the molecule is O=C(CN1CCc2sccc2[C@H]1c1cccs1)Nc1ccc(Br)cc1F. The van der Waals surface area contributed by atoms with Gasteiger partial charge < -0.3 is 5.32 Å². The highest BCUT2D eigenvalue weighted by atomic mass is 79.9. The van der Waals surface area contributed by atoms with Gasteiger partial charge in [0.2, 0.25) is 5.91 Å². The summed E-state index contributed by atoms with van der Waals surface area (Å²) in [5.74, 6) is -0.646. The van der Waals surface area contributed by atoms with Crippen LogP contribution >= 0.6 is 38.6 Å². The molecule has 7 heteroatoms. The van der Waals surface area contributed by atoms with Crippen molar-refractivity contribution in [3.8, 4) is 0 Å². The minimum Gasteiger partial charge on any atom is -0.322 e. The molecule has 1 atom stereocenters. The van der Waals surface area contributed by atoms with Crippen LogP contribution in [-0.2, 0) is 11.2 Å². The molecule has 0 spiro atoms. The fraction of sp³-hybridized carbons (Fsp3) is 0.211. The van der Waals surface area contributed by atoms with Crippen LogP contribution in [0.25, 0.3) is 0 Å². The number of thiophene rings is 2. The first-order chi connectivity index (χ1) is 12.6. The summed E-state index contributed by atoms with van der Waals surface area (Å²) < 4.78 is 14.6. The number of nitrogens with one attached hydrogen (secondary N) is 1. The van der Waals surface area contributed by atoms with Crippen LogP contribution < -0.4 is 5.32 Å². The summed E-state index contributed by atoms with van der Waals surface area (Å²) in [6, 6.07) is 11.0. The topological polar surface area (TPSA) is 32.3 Å². The van der Waals surface area contributed by atoms with Crippen molar-refractivity contribution in [2.45, 2.75) is 12.5 Å². The Morgan fingerprint density at radius 2 is 2.15 bits per heavy atom. The van der Waals surface area contributed by atoms with Gasteiger partial charge in [0.1, 0.15) is 5.82 Å². The molecule has 134 valence electrons. The van der Waals surface area contributed by atoms with E-state index in [0.29, 0.717) is 4.47 Å². The van der Waals surface area contributed by atoms with Crippen molar-refractivity contribution in [3.05, 3.63) is 72.8 Å². The van der Waals surface area contributed by atoms with Crippen LogP contribution in [0.1, 0.15) is 21.4 Å². The minimum absolute atomic E-state index is 0.0884. The van der Waals surface area contributed by atoms with E-state index < -0.39 is 5.82 Å². The average Bonchev–Trinajstić information content (AvgIpc) is 3.28. The normalized spacial score (nSPS) is 17.1. The lowest BCUT2D eigenvalue weighted by Gasteiger charge is -2.34. The number of carbonyl (C=O) groups excluding carboxylic acids is 1. The average molecular weight is 451 g/mol. The predicted octanol–water partition coefficient (Wildman–Crippen LogP) is 5.30. The first-order valence-electron chi connectivity index (χ1n) is 8.20. The summed E-state index contributed by atoms with van der Waals surface area (Å²) in [7, 11) is 0. The third kappa shape index (κ3) is 3.62. The molecule has 0 bridgehead atoms. The van der Waals surface area contributed by atoms with E-state index in [1.54, 1.807) is 34.8 Å². The quantitative estimate of drug-likeness (QED) is 0.584. The highest BCUT2D eigenvalue weighted by Gasteiger charge is 2.31. The Morgan fingerprint density at radius 1 is 1.27 bits per heavy atom. The van der Waals surface area contributed by atoms with Gasteiger partial charge in [-0.15, -0.1) is 22.7 Å². The molecular weight excluding hydrogens is 435 g/mol. The van der Waals surface area contributed by atoms with Crippen molar-refractivity contribution < 1.29 is 9.18 Å². The molecule has 1 aliphatic heterocycles. The summed E-state index contributed by atoms with van der Waals surface area (Å²) >= 11 is 6.70. The monoisotopic (exact) mass is 450 g/mol. The van der Waals surface area contributed by atoms with Crippen molar-refractivity contribution in [2.24, 2.45) is 0 Å². The van der Waals surface area contributed by atoms with Crippen LogP contribution in [0, 0.1) is 5.82 Å². The van der Waals surface area contributed by atoms with Crippen LogP contribution in [0.5, 0.6) is 0 Å². The lowest BCUT2D eigenvalue weighted by atomic mass is 9.98. The number of nitrogens with zero attached hydrogens (tertiary/aromatic N) is 1. The summed E-state index contributed by atoms with van der Waals surface area (Å²) in [5.41, 5.74) is 1.49. The Balaban J connectivity index is 1.54. The minimum atomic E-state index is -0.443. The molecule has 1 aromatic carbocycles. The van der Waals surface area contributed by atoms with Gasteiger partial charge in [-0.25, -0.2) is 4.39 Å². The van der Waals surface area contributed by atoms with Crippen molar-refractivity contribution in [1.29, 1.82) is 0 Å². The Morgan fingerprint density at radius 3 is 2.92 bits per heavy atom. The number of rotatable bonds is 4. The van der Waals surface area contributed by atoms with Crippen LogP contribution in [0.4, 0.5) is 10.1 Å². The Labute approximate surface area is 167 Å². The van der Waals surface area contributed by atoms with Gasteiger partial charge in [-0.3, -0.25) is 9.69 Å². The standard InChI is InChI=1S/C19H16BrFN2OS2/c20-12-3-4-15(14(21)10-12)22-18(24)11-23-7-5-16-13(6-9-26-16)19(23)17-2-1-8-25-17/h1-4,6,8-10,19H,5,7,11H2,(H,22,24)/t19-/m0/s1. The smallest absolute Gasteiger partial charge is 0.238 e. The molecule has 4 rings (SSSR count). The summed E-state index contributed by atoms with van der Waals surface area (Å²) in [6.45, 7) is 1.04. The molecule has 1 aliphatic rings. The Bertz CT molecular complexity index is 926. The van der Waals surface area contributed by atoms with Gasteiger partial charge in [0.15, 0.2) is 0 Å².